The average Bonchev–Trinajstić information content (AvgIpc) is 3.34. The van der Waals surface area contributed by atoms with Crippen LogP contribution >= 0.6 is 11.3 Å². The lowest BCUT2D eigenvalue weighted by molar-refractivity contribution is 0.0635. The van der Waals surface area contributed by atoms with Gasteiger partial charge in [0.1, 0.15) is 11.3 Å². The first-order chi connectivity index (χ1) is 19.5. The number of aryl methyl sites for hydroxylation is 1. The number of ketones is 1. The van der Waals surface area contributed by atoms with E-state index in [0.717, 1.165) is 24.9 Å². The predicted octanol–water partition coefficient (Wildman–Crippen LogP) is 5.62. The monoisotopic (exact) mass is 579 g/mol. The van der Waals surface area contributed by atoms with Crippen LogP contribution in [0.15, 0.2) is 59.4 Å². The highest BCUT2D eigenvalue weighted by molar-refractivity contribution is 7.08. The molecule has 2 N–H and O–H groups in total. The van der Waals surface area contributed by atoms with Crippen molar-refractivity contribution in [2.45, 2.75) is 52.2 Å². The SMILES string of the molecule is CN(C)CCN(Cc1ccc(C(=O)Cc2cscc2NC(=O)OC(C)(C)C)nc1)C(=O)NCCCc1ccccc1. The molecular weight excluding hydrogens is 538 g/mol. The van der Waals surface area contributed by atoms with E-state index in [1.165, 1.54) is 16.9 Å². The molecule has 220 valence electrons. The van der Waals surface area contributed by atoms with E-state index >= 15 is 0 Å². The third-order valence-corrected chi connectivity index (χ3v) is 6.87. The maximum absolute atomic E-state index is 13.0. The molecule has 0 aliphatic rings. The minimum atomic E-state index is -0.618. The van der Waals surface area contributed by atoms with Crippen molar-refractivity contribution < 1.29 is 19.1 Å². The summed E-state index contributed by atoms with van der Waals surface area (Å²) in [7, 11) is 3.94. The molecule has 0 aliphatic carbocycles. The molecule has 10 heteroatoms. The Morgan fingerprint density at radius 1 is 0.976 bits per heavy atom. The number of nitrogens with zero attached hydrogens (tertiary/aromatic N) is 3. The highest BCUT2D eigenvalue weighted by Crippen LogP contribution is 2.23. The number of likely N-dealkylation sites (N-methyl/N-ethyl adjacent to an activating group) is 1. The van der Waals surface area contributed by atoms with Crippen LogP contribution in [0.5, 0.6) is 0 Å². The zero-order valence-electron chi connectivity index (χ0n) is 24.6. The smallest absolute Gasteiger partial charge is 0.412 e. The number of hydrogen-bond acceptors (Lipinski definition) is 7. The Bertz CT molecular complexity index is 1270. The number of Topliss-reactive ketones (excluding diaryl/α,β-unsaturated/α-hetero) is 1. The summed E-state index contributed by atoms with van der Waals surface area (Å²) in [5.74, 6) is -0.164. The molecule has 0 aliphatic heterocycles. The van der Waals surface area contributed by atoms with E-state index < -0.39 is 11.7 Å². The van der Waals surface area contributed by atoms with E-state index in [2.05, 4.69) is 27.8 Å². The molecule has 3 aromatic rings. The van der Waals surface area contributed by atoms with Crippen LogP contribution in [-0.2, 0) is 24.1 Å². The van der Waals surface area contributed by atoms with Crippen LogP contribution < -0.4 is 10.6 Å². The zero-order chi connectivity index (χ0) is 29.8. The normalized spacial score (nSPS) is 11.3. The second-order valence-corrected chi connectivity index (χ2v) is 11.9. The number of pyridine rings is 1. The Balaban J connectivity index is 1.56. The van der Waals surface area contributed by atoms with E-state index in [1.54, 1.807) is 43.3 Å². The van der Waals surface area contributed by atoms with Gasteiger partial charge < -0.3 is 19.9 Å². The summed E-state index contributed by atoms with van der Waals surface area (Å²) < 4.78 is 5.32. The fraction of sp³-hybridized carbons (Fsp3) is 0.419. The average molecular weight is 580 g/mol. The largest absolute Gasteiger partial charge is 0.444 e. The van der Waals surface area contributed by atoms with Gasteiger partial charge >= 0.3 is 12.1 Å². The first kappa shape index (κ1) is 31.8. The standard InChI is InChI=1S/C31H41N5O4S/c1-31(2,3)40-30(39)34-27-22-41-21-25(27)18-28(37)26-14-13-24(19-33-26)20-36(17-16-35(4)5)29(38)32-15-9-12-23-10-7-6-8-11-23/h6-8,10-11,13-14,19,21-22H,9,12,15-18,20H2,1-5H3,(H,32,38)(H,34,39). The number of ether oxygens (including phenoxy) is 1. The maximum Gasteiger partial charge on any atom is 0.412 e. The molecule has 1 aromatic carbocycles. The van der Waals surface area contributed by atoms with Gasteiger partial charge in [-0.2, -0.15) is 0 Å². The fourth-order valence-corrected chi connectivity index (χ4v) is 4.76. The molecule has 9 nitrogen and oxygen atoms in total. The summed E-state index contributed by atoms with van der Waals surface area (Å²) in [6.07, 6.45) is 2.94. The van der Waals surface area contributed by atoms with Crippen molar-refractivity contribution in [1.82, 2.24) is 20.1 Å². The number of anilines is 1. The van der Waals surface area contributed by atoms with Crippen molar-refractivity contribution in [2.75, 3.05) is 39.0 Å². The van der Waals surface area contributed by atoms with Crippen molar-refractivity contribution in [3.63, 3.8) is 0 Å². The van der Waals surface area contributed by atoms with E-state index in [-0.39, 0.29) is 18.2 Å². The van der Waals surface area contributed by atoms with Gasteiger partial charge in [0.25, 0.3) is 0 Å². The second kappa shape index (κ2) is 15.3. The van der Waals surface area contributed by atoms with Crippen molar-refractivity contribution in [1.29, 1.82) is 0 Å². The lowest BCUT2D eigenvalue weighted by Gasteiger charge is -2.25. The summed E-state index contributed by atoms with van der Waals surface area (Å²) in [4.78, 5) is 46.3. The summed E-state index contributed by atoms with van der Waals surface area (Å²) in [6.45, 7) is 7.63. The number of carbonyl (C=O) groups is 3. The molecule has 0 saturated heterocycles. The molecule has 0 fully saturated rings. The zero-order valence-corrected chi connectivity index (χ0v) is 25.4. The number of aromatic nitrogens is 1. The molecule has 0 radical (unpaired) electrons. The molecular formula is C31H41N5O4S. The van der Waals surface area contributed by atoms with Crippen LogP contribution in [0.2, 0.25) is 0 Å². The minimum Gasteiger partial charge on any atom is -0.444 e. The Hall–Kier alpha value is -3.76. The molecule has 0 bridgehead atoms. The predicted molar refractivity (Wildman–Crippen MR) is 164 cm³/mol. The van der Waals surface area contributed by atoms with Gasteiger partial charge in [-0.1, -0.05) is 36.4 Å². The molecule has 0 spiro atoms. The minimum absolute atomic E-state index is 0.0985. The lowest BCUT2D eigenvalue weighted by atomic mass is 10.1. The van der Waals surface area contributed by atoms with Crippen molar-refractivity contribution in [2.24, 2.45) is 0 Å². The number of rotatable bonds is 13. The topological polar surface area (TPSA) is 104 Å². The molecule has 0 saturated carbocycles. The third-order valence-electron chi connectivity index (χ3n) is 6.08. The van der Waals surface area contributed by atoms with Crippen molar-refractivity contribution >= 4 is 34.9 Å². The molecule has 2 aromatic heterocycles. The van der Waals surface area contributed by atoms with Crippen molar-refractivity contribution in [3.8, 4) is 0 Å². The van der Waals surface area contributed by atoms with Gasteiger partial charge in [0.15, 0.2) is 5.78 Å². The van der Waals surface area contributed by atoms with Gasteiger partial charge in [0, 0.05) is 44.2 Å². The van der Waals surface area contributed by atoms with Crippen LogP contribution in [0, 0.1) is 0 Å². The summed E-state index contributed by atoms with van der Waals surface area (Å²) in [5, 5.41) is 9.37. The van der Waals surface area contributed by atoms with Crippen LogP contribution in [0.4, 0.5) is 15.3 Å². The molecule has 0 unspecified atom stereocenters. The number of benzene rings is 1. The number of urea groups is 1. The number of nitrogens with one attached hydrogen (secondary N) is 2. The van der Waals surface area contributed by atoms with Crippen LogP contribution in [0.1, 0.15) is 54.4 Å². The molecule has 3 amide bonds. The first-order valence-corrected chi connectivity index (χ1v) is 14.7. The Morgan fingerprint density at radius 3 is 2.39 bits per heavy atom. The molecule has 0 atom stereocenters. The van der Waals surface area contributed by atoms with E-state index in [1.807, 2.05) is 48.6 Å². The quantitative estimate of drug-likeness (QED) is 0.201. The van der Waals surface area contributed by atoms with Crippen LogP contribution in [0.25, 0.3) is 0 Å². The summed E-state index contributed by atoms with van der Waals surface area (Å²) in [5.41, 5.74) is 3.06. The molecule has 41 heavy (non-hydrogen) atoms. The number of amides is 3. The van der Waals surface area contributed by atoms with Gasteiger partial charge in [-0.25, -0.2) is 9.59 Å². The summed E-state index contributed by atoms with van der Waals surface area (Å²) >= 11 is 1.40. The summed E-state index contributed by atoms with van der Waals surface area (Å²) in [6, 6.07) is 13.6. The molecule has 2 heterocycles. The second-order valence-electron chi connectivity index (χ2n) is 11.1. The van der Waals surface area contributed by atoms with Gasteiger partial charge in [0.2, 0.25) is 0 Å². The number of hydrogen-bond donors (Lipinski definition) is 2. The lowest BCUT2D eigenvalue weighted by Crippen LogP contribution is -2.43. The maximum atomic E-state index is 13.0. The Labute approximate surface area is 246 Å². The molecule has 3 rings (SSSR count). The Morgan fingerprint density at radius 2 is 1.73 bits per heavy atom. The highest BCUT2D eigenvalue weighted by atomic mass is 32.1. The van der Waals surface area contributed by atoms with Crippen LogP contribution in [0.3, 0.4) is 0 Å². The van der Waals surface area contributed by atoms with Gasteiger partial charge in [0.05, 0.1) is 5.69 Å². The van der Waals surface area contributed by atoms with Gasteiger partial charge in [-0.05, 0) is 75.8 Å². The fourth-order valence-electron chi connectivity index (χ4n) is 3.97. The van der Waals surface area contributed by atoms with Gasteiger partial charge in [-0.15, -0.1) is 11.3 Å². The van der Waals surface area contributed by atoms with Crippen LogP contribution in [-0.4, -0.2) is 72.0 Å². The number of carbonyl (C=O) groups excluding carboxylic acids is 3. The number of thiophene rings is 1. The van der Waals surface area contributed by atoms with Gasteiger partial charge in [-0.3, -0.25) is 15.1 Å². The van der Waals surface area contributed by atoms with E-state index in [9.17, 15) is 14.4 Å². The third kappa shape index (κ3) is 11.3. The first-order valence-electron chi connectivity index (χ1n) is 13.7. The highest BCUT2D eigenvalue weighted by Gasteiger charge is 2.19. The Kier molecular flexibility index (Phi) is 11.9. The van der Waals surface area contributed by atoms with E-state index in [0.29, 0.717) is 36.6 Å². The van der Waals surface area contributed by atoms with E-state index in [4.69, 9.17) is 4.74 Å². The van der Waals surface area contributed by atoms with Crippen molar-refractivity contribution in [3.05, 3.63) is 81.8 Å².